The van der Waals surface area contributed by atoms with E-state index in [-0.39, 0.29) is 24.4 Å². The highest BCUT2D eigenvalue weighted by Crippen LogP contribution is 2.45. The van der Waals surface area contributed by atoms with Crippen molar-refractivity contribution in [3.05, 3.63) is 61.2 Å². The summed E-state index contributed by atoms with van der Waals surface area (Å²) in [5.41, 5.74) is -0.967. The van der Waals surface area contributed by atoms with Crippen molar-refractivity contribution in [2.45, 2.75) is 108 Å². The lowest BCUT2D eigenvalue weighted by Crippen LogP contribution is -2.60. The van der Waals surface area contributed by atoms with Gasteiger partial charge < -0.3 is 24.8 Å². The Morgan fingerprint density at radius 3 is 2.33 bits per heavy atom. The summed E-state index contributed by atoms with van der Waals surface area (Å²) < 4.78 is 35.1. The van der Waals surface area contributed by atoms with Crippen molar-refractivity contribution in [2.75, 3.05) is 6.54 Å². The molecule has 1 saturated carbocycles. The van der Waals surface area contributed by atoms with Crippen LogP contribution >= 0.6 is 0 Å². The summed E-state index contributed by atoms with van der Waals surface area (Å²) in [6, 6.07) is 6.76. The molecular weight excluding hydrogens is 715 g/mol. The summed E-state index contributed by atoms with van der Waals surface area (Å²) in [4.78, 5) is 62.5. The Labute approximate surface area is 316 Å². The molecule has 16 nitrogen and oxygen atoms in total. The lowest BCUT2D eigenvalue weighted by atomic mass is 9.85. The van der Waals surface area contributed by atoms with Gasteiger partial charge in [-0.25, -0.2) is 14.5 Å². The molecule has 2 aromatic heterocycles. The maximum Gasteiger partial charge on any atom is 0.408 e. The summed E-state index contributed by atoms with van der Waals surface area (Å²) >= 11 is 0. The van der Waals surface area contributed by atoms with Crippen LogP contribution in [0.3, 0.4) is 0 Å². The summed E-state index contributed by atoms with van der Waals surface area (Å²) in [5, 5.41) is 14.8. The van der Waals surface area contributed by atoms with Gasteiger partial charge in [-0.1, -0.05) is 70.5 Å². The van der Waals surface area contributed by atoms with E-state index in [1.807, 2.05) is 37.3 Å². The van der Waals surface area contributed by atoms with Gasteiger partial charge in [0.15, 0.2) is 5.03 Å². The van der Waals surface area contributed by atoms with E-state index in [1.165, 1.54) is 28.1 Å². The maximum atomic E-state index is 14.6. The van der Waals surface area contributed by atoms with Gasteiger partial charge >= 0.3 is 6.09 Å². The molecule has 5 atom stereocenters. The van der Waals surface area contributed by atoms with Crippen molar-refractivity contribution < 1.29 is 32.3 Å². The topological polar surface area (TPSA) is 200 Å². The number of hydrogen-bond donors (Lipinski definition) is 3. The fourth-order valence-corrected chi connectivity index (χ4v) is 7.61. The molecule has 1 saturated heterocycles. The molecule has 0 spiro atoms. The number of carbonyl (C=O) groups excluding carboxylic acids is 4. The average molecular weight is 766 g/mol. The number of amides is 4. The van der Waals surface area contributed by atoms with E-state index in [0.29, 0.717) is 12.1 Å². The molecule has 3 aromatic rings. The van der Waals surface area contributed by atoms with Crippen molar-refractivity contribution in [3.63, 3.8) is 0 Å². The van der Waals surface area contributed by atoms with E-state index in [0.717, 1.165) is 17.7 Å². The Kier molecular flexibility index (Phi) is 11.1. The van der Waals surface area contributed by atoms with Crippen LogP contribution in [0.5, 0.6) is 0 Å². The summed E-state index contributed by atoms with van der Waals surface area (Å²) in [6.45, 7) is 16.3. The molecule has 0 radical (unpaired) electrons. The Bertz CT molecular complexity index is 2010. The van der Waals surface area contributed by atoms with Gasteiger partial charge in [-0.05, 0) is 39.0 Å². The highest BCUT2D eigenvalue weighted by atomic mass is 32.2. The number of aromatic nitrogens is 5. The minimum Gasteiger partial charge on any atom is -0.444 e. The summed E-state index contributed by atoms with van der Waals surface area (Å²) in [5.74, 6) is -2.78. The average Bonchev–Trinajstić information content (AvgIpc) is 3.43. The molecule has 17 heteroatoms. The zero-order chi connectivity index (χ0) is 39.8. The predicted molar refractivity (Wildman–Crippen MR) is 199 cm³/mol. The number of likely N-dealkylation sites (tertiary alicyclic amines) is 1. The molecule has 1 aromatic carbocycles. The van der Waals surface area contributed by atoms with Gasteiger partial charge in [0, 0.05) is 37.7 Å². The first kappa shape index (κ1) is 40.1. The minimum absolute atomic E-state index is 0.00606. The van der Waals surface area contributed by atoms with Crippen LogP contribution in [0.15, 0.2) is 60.5 Å². The van der Waals surface area contributed by atoms with Crippen molar-refractivity contribution in [1.82, 2.24) is 44.8 Å². The van der Waals surface area contributed by atoms with E-state index in [4.69, 9.17) is 14.9 Å². The third-order valence-electron chi connectivity index (χ3n) is 9.43. The standard InChI is InChI=1S/C37H51N9O7S/c1-10-15-26-29(23-16-13-12-14-17-23)42-46(41-26)25-18-27(45(20-25)32(48)30(35(3,4)5)39-34(50)53-36(6,7)8)31(47)40-37(19-24(37)11-2)33(49)43-54(51,52)28-21-44(9)22-38-28/h11-14,16-17,21-22,24-25,27,30H,2,10,15,18-20H2,1,3-9H3,(H,39,50)(H,40,47)(H,43,49)/t24-,25-,27+,30+,37+/m1/s1. The lowest BCUT2D eigenvalue weighted by Gasteiger charge is -2.36. The number of rotatable bonds is 12. The van der Waals surface area contributed by atoms with Crippen LogP contribution in [0.2, 0.25) is 0 Å². The van der Waals surface area contributed by atoms with Gasteiger partial charge in [0.05, 0.1) is 18.1 Å². The van der Waals surface area contributed by atoms with Crippen LogP contribution < -0.4 is 15.4 Å². The number of imidazole rings is 1. The molecule has 292 valence electrons. The first-order valence-electron chi connectivity index (χ1n) is 18.0. The largest absolute Gasteiger partial charge is 0.444 e. The zero-order valence-electron chi connectivity index (χ0n) is 32.1. The number of ether oxygens (including phenoxy) is 1. The number of aryl methyl sites for hydroxylation is 2. The Morgan fingerprint density at radius 2 is 1.78 bits per heavy atom. The first-order valence-corrected chi connectivity index (χ1v) is 19.5. The van der Waals surface area contributed by atoms with Crippen LogP contribution in [0.4, 0.5) is 4.79 Å². The fourth-order valence-electron chi connectivity index (χ4n) is 6.59. The number of sulfonamides is 1. The maximum absolute atomic E-state index is 14.6. The molecule has 1 aliphatic carbocycles. The molecule has 2 aliphatic rings. The van der Waals surface area contributed by atoms with Crippen LogP contribution in [-0.2, 0) is 42.6 Å². The number of carbonyl (C=O) groups is 4. The second kappa shape index (κ2) is 15.0. The molecule has 3 heterocycles. The number of hydrogen-bond acceptors (Lipinski definition) is 10. The van der Waals surface area contributed by atoms with Crippen LogP contribution in [-0.4, -0.2) is 91.4 Å². The first-order chi connectivity index (χ1) is 25.2. The van der Waals surface area contributed by atoms with Crippen molar-refractivity contribution in [2.24, 2.45) is 18.4 Å². The Hall–Kier alpha value is -5.06. The third-order valence-corrected chi connectivity index (χ3v) is 10.6. The normalized spacial score (nSPS) is 21.9. The summed E-state index contributed by atoms with van der Waals surface area (Å²) in [7, 11) is -2.78. The third kappa shape index (κ3) is 8.66. The molecule has 54 heavy (non-hydrogen) atoms. The van der Waals surface area contributed by atoms with Crippen LogP contribution in [0.25, 0.3) is 11.3 Å². The Morgan fingerprint density at radius 1 is 1.09 bits per heavy atom. The quantitative estimate of drug-likeness (QED) is 0.230. The molecular formula is C37H51N9O7S. The van der Waals surface area contributed by atoms with Gasteiger partial charge in [0.25, 0.3) is 15.9 Å². The van der Waals surface area contributed by atoms with Gasteiger partial charge in [-0.3, -0.25) is 14.4 Å². The van der Waals surface area contributed by atoms with Gasteiger partial charge in [-0.2, -0.15) is 23.4 Å². The summed E-state index contributed by atoms with van der Waals surface area (Å²) in [6.07, 6.45) is 4.82. The van der Waals surface area contributed by atoms with E-state index >= 15 is 0 Å². The van der Waals surface area contributed by atoms with Crippen molar-refractivity contribution in [1.29, 1.82) is 0 Å². The predicted octanol–water partition coefficient (Wildman–Crippen LogP) is 3.28. The fraction of sp³-hybridized carbons (Fsp3) is 0.541. The highest BCUT2D eigenvalue weighted by Gasteiger charge is 2.61. The second-order valence-electron chi connectivity index (χ2n) is 16.1. The van der Waals surface area contributed by atoms with Crippen molar-refractivity contribution in [3.8, 4) is 11.3 Å². The number of nitrogens with one attached hydrogen (secondary N) is 3. The molecule has 2 fully saturated rings. The lowest BCUT2D eigenvalue weighted by molar-refractivity contribution is -0.143. The van der Waals surface area contributed by atoms with Gasteiger partial charge in [0.2, 0.25) is 11.8 Å². The minimum atomic E-state index is -4.37. The highest BCUT2D eigenvalue weighted by molar-refractivity contribution is 7.90. The molecule has 0 bridgehead atoms. The molecule has 0 unspecified atom stereocenters. The van der Waals surface area contributed by atoms with E-state index < -0.39 is 74.4 Å². The SMILES string of the molecule is C=C[C@@H]1C[C@@]1(NC(=O)[C@@H]1C[C@@H](n2nc(CCC)c(-c3ccccc3)n2)CN1C(=O)[C@H](NC(=O)OC(C)(C)C)C(C)(C)C)C(=O)NS(=O)(=O)c1cn(C)cn1. The zero-order valence-corrected chi connectivity index (χ0v) is 32.9. The molecule has 3 N–H and O–H groups in total. The van der Waals surface area contributed by atoms with E-state index in [1.54, 1.807) is 53.4 Å². The van der Waals surface area contributed by atoms with Crippen LogP contribution in [0.1, 0.15) is 79.5 Å². The monoisotopic (exact) mass is 765 g/mol. The molecule has 1 aliphatic heterocycles. The smallest absolute Gasteiger partial charge is 0.408 e. The van der Waals surface area contributed by atoms with Gasteiger partial charge in [-0.15, -0.1) is 6.58 Å². The number of nitrogens with zero attached hydrogens (tertiary/aromatic N) is 6. The van der Waals surface area contributed by atoms with E-state index in [9.17, 15) is 27.6 Å². The Balaban J connectivity index is 1.49. The van der Waals surface area contributed by atoms with Gasteiger partial charge in [0.1, 0.15) is 28.9 Å². The van der Waals surface area contributed by atoms with Crippen molar-refractivity contribution >= 4 is 33.8 Å². The molecule has 4 amide bonds. The molecule has 5 rings (SSSR count). The van der Waals surface area contributed by atoms with E-state index in [2.05, 4.69) is 26.9 Å². The van der Waals surface area contributed by atoms with Crippen LogP contribution in [0, 0.1) is 11.3 Å². The second-order valence-corrected chi connectivity index (χ2v) is 17.7. The number of alkyl carbamates (subject to hydrolysis) is 1. The number of benzene rings is 1.